The number of rotatable bonds is 9. The van der Waals surface area contributed by atoms with Crippen molar-refractivity contribution in [3.8, 4) is 0 Å². The summed E-state index contributed by atoms with van der Waals surface area (Å²) in [6, 6.07) is 10.4. The van der Waals surface area contributed by atoms with Crippen LogP contribution in [0.2, 0.25) is 0 Å². The molecule has 0 atom stereocenters. The lowest BCUT2D eigenvalue weighted by atomic mass is 10.1. The summed E-state index contributed by atoms with van der Waals surface area (Å²) in [4.78, 5) is 21.3. The van der Waals surface area contributed by atoms with Crippen LogP contribution >= 0.6 is 0 Å². The Morgan fingerprint density at radius 2 is 1.84 bits per heavy atom. The number of aromatic nitrogens is 2. The van der Waals surface area contributed by atoms with Gasteiger partial charge in [0.25, 0.3) is 0 Å². The van der Waals surface area contributed by atoms with Gasteiger partial charge in [0.05, 0.1) is 5.54 Å². The largest absolute Gasteiger partial charge is 0.444 e. The summed E-state index contributed by atoms with van der Waals surface area (Å²) in [7, 11) is 0. The Kier molecular flexibility index (Phi) is 9.11. The molecule has 0 bridgehead atoms. The van der Waals surface area contributed by atoms with Crippen LogP contribution in [-0.4, -0.2) is 45.8 Å². The molecule has 0 fully saturated rings. The zero-order valence-corrected chi connectivity index (χ0v) is 20.2. The first-order valence-corrected chi connectivity index (χ1v) is 11.2. The Hall–Kier alpha value is -3.03. The zero-order valence-electron chi connectivity index (χ0n) is 20.2. The van der Waals surface area contributed by atoms with Crippen LogP contribution in [0.5, 0.6) is 0 Å². The SMILES string of the molecule is CCNC(=NCc1nccn1CCc1ccccc1)NCC(C)(C)NC(=O)OC(C)(C)C. The third kappa shape index (κ3) is 9.41. The minimum atomic E-state index is -0.535. The van der Waals surface area contributed by atoms with Crippen LogP contribution in [0, 0.1) is 0 Å². The molecule has 32 heavy (non-hydrogen) atoms. The van der Waals surface area contributed by atoms with Crippen molar-refractivity contribution in [3.05, 3.63) is 54.1 Å². The van der Waals surface area contributed by atoms with Crippen LogP contribution < -0.4 is 16.0 Å². The Labute approximate surface area is 191 Å². The van der Waals surface area contributed by atoms with E-state index in [-0.39, 0.29) is 0 Å². The number of carbonyl (C=O) groups is 1. The van der Waals surface area contributed by atoms with Gasteiger partial charge in [-0.2, -0.15) is 0 Å². The van der Waals surface area contributed by atoms with E-state index in [4.69, 9.17) is 4.74 Å². The number of hydrogen-bond acceptors (Lipinski definition) is 4. The van der Waals surface area contributed by atoms with Crippen molar-refractivity contribution in [2.45, 2.75) is 72.2 Å². The van der Waals surface area contributed by atoms with E-state index in [1.54, 1.807) is 0 Å². The first kappa shape index (κ1) is 25.2. The van der Waals surface area contributed by atoms with Gasteiger partial charge in [0.15, 0.2) is 5.96 Å². The van der Waals surface area contributed by atoms with E-state index in [0.29, 0.717) is 19.0 Å². The van der Waals surface area contributed by atoms with E-state index in [0.717, 1.165) is 25.3 Å². The number of nitrogens with one attached hydrogen (secondary N) is 3. The van der Waals surface area contributed by atoms with Crippen LogP contribution in [0.25, 0.3) is 0 Å². The van der Waals surface area contributed by atoms with E-state index in [1.165, 1.54) is 5.56 Å². The number of aliphatic imine (C=N–C) groups is 1. The monoisotopic (exact) mass is 442 g/mol. The third-order valence-corrected chi connectivity index (χ3v) is 4.55. The van der Waals surface area contributed by atoms with Crippen molar-refractivity contribution in [1.29, 1.82) is 0 Å². The molecular weight excluding hydrogens is 404 g/mol. The second-order valence-corrected chi connectivity index (χ2v) is 9.33. The fourth-order valence-electron chi connectivity index (χ4n) is 3.01. The maximum Gasteiger partial charge on any atom is 0.408 e. The minimum absolute atomic E-state index is 0.438. The average molecular weight is 443 g/mol. The Bertz CT molecular complexity index is 868. The second-order valence-electron chi connectivity index (χ2n) is 9.33. The van der Waals surface area contributed by atoms with Gasteiger partial charge in [-0.05, 0) is 53.5 Å². The highest BCUT2D eigenvalue weighted by molar-refractivity contribution is 5.80. The molecule has 0 unspecified atom stereocenters. The number of benzene rings is 1. The van der Waals surface area contributed by atoms with E-state index >= 15 is 0 Å². The number of alkyl carbamates (subject to hydrolysis) is 1. The average Bonchev–Trinajstić information content (AvgIpc) is 3.15. The van der Waals surface area contributed by atoms with Crippen molar-refractivity contribution in [2.75, 3.05) is 13.1 Å². The smallest absolute Gasteiger partial charge is 0.408 e. The van der Waals surface area contributed by atoms with E-state index < -0.39 is 17.2 Å². The standard InChI is InChI=1S/C24H38N6O2/c1-7-25-21(28-18-24(5,6)29-22(31)32-23(2,3)4)27-17-20-26-14-16-30(20)15-13-19-11-9-8-10-12-19/h8-12,14,16H,7,13,15,17-18H2,1-6H3,(H,29,31)(H2,25,27,28). The first-order valence-electron chi connectivity index (χ1n) is 11.2. The summed E-state index contributed by atoms with van der Waals surface area (Å²) in [5, 5.41) is 9.44. The van der Waals surface area contributed by atoms with E-state index in [1.807, 2.05) is 60.0 Å². The van der Waals surface area contributed by atoms with E-state index in [9.17, 15) is 4.79 Å². The summed E-state index contributed by atoms with van der Waals surface area (Å²) in [5.41, 5.74) is 0.240. The molecule has 176 valence electrons. The van der Waals surface area contributed by atoms with Crippen LogP contribution in [0.3, 0.4) is 0 Å². The number of carbonyl (C=O) groups excluding carboxylic acids is 1. The Morgan fingerprint density at radius 1 is 1.12 bits per heavy atom. The Morgan fingerprint density at radius 3 is 2.50 bits per heavy atom. The van der Waals surface area contributed by atoms with Gasteiger partial charge < -0.3 is 25.3 Å². The molecule has 0 aliphatic heterocycles. The highest BCUT2D eigenvalue weighted by Gasteiger charge is 2.24. The maximum absolute atomic E-state index is 12.1. The van der Waals surface area contributed by atoms with Crippen molar-refractivity contribution in [2.24, 2.45) is 4.99 Å². The number of guanidine groups is 1. The fraction of sp³-hybridized carbons (Fsp3) is 0.542. The molecule has 0 saturated carbocycles. The van der Waals surface area contributed by atoms with Crippen LogP contribution in [0.15, 0.2) is 47.7 Å². The minimum Gasteiger partial charge on any atom is -0.444 e. The lowest BCUT2D eigenvalue weighted by Crippen LogP contribution is -2.54. The molecule has 3 N–H and O–H groups in total. The van der Waals surface area contributed by atoms with Gasteiger partial charge in [-0.25, -0.2) is 14.8 Å². The van der Waals surface area contributed by atoms with Crippen LogP contribution in [0.4, 0.5) is 4.79 Å². The summed E-state index contributed by atoms with van der Waals surface area (Å²) in [6.45, 7) is 13.9. The summed E-state index contributed by atoms with van der Waals surface area (Å²) in [6.07, 6.45) is 4.30. The number of hydrogen-bond donors (Lipinski definition) is 3. The topological polar surface area (TPSA) is 92.6 Å². The maximum atomic E-state index is 12.1. The second kappa shape index (κ2) is 11.5. The first-order chi connectivity index (χ1) is 15.1. The van der Waals surface area contributed by atoms with E-state index in [2.05, 4.69) is 54.8 Å². The molecule has 2 rings (SSSR count). The third-order valence-electron chi connectivity index (χ3n) is 4.55. The van der Waals surface area contributed by atoms with Crippen molar-refractivity contribution in [3.63, 3.8) is 0 Å². The van der Waals surface area contributed by atoms with Gasteiger partial charge in [0.1, 0.15) is 18.0 Å². The number of imidazole rings is 1. The zero-order chi connectivity index (χ0) is 23.6. The van der Waals surface area contributed by atoms with Crippen molar-refractivity contribution < 1.29 is 9.53 Å². The van der Waals surface area contributed by atoms with Crippen LogP contribution in [-0.2, 0) is 24.2 Å². The molecule has 0 aliphatic carbocycles. The molecule has 0 saturated heterocycles. The molecule has 1 aromatic carbocycles. The fourth-order valence-corrected chi connectivity index (χ4v) is 3.01. The van der Waals surface area contributed by atoms with Gasteiger partial charge in [0.2, 0.25) is 0 Å². The predicted molar refractivity (Wildman–Crippen MR) is 129 cm³/mol. The molecule has 0 spiro atoms. The molecule has 8 nitrogen and oxygen atoms in total. The summed E-state index contributed by atoms with van der Waals surface area (Å²) >= 11 is 0. The Balaban J connectivity index is 1.93. The lowest BCUT2D eigenvalue weighted by molar-refractivity contribution is 0.0474. The molecule has 1 amide bonds. The molecule has 0 aliphatic rings. The van der Waals surface area contributed by atoms with Crippen molar-refractivity contribution >= 4 is 12.1 Å². The molecule has 1 heterocycles. The van der Waals surface area contributed by atoms with Gasteiger partial charge in [-0.3, -0.25) is 0 Å². The highest BCUT2D eigenvalue weighted by atomic mass is 16.6. The quantitative estimate of drug-likeness (QED) is 0.408. The summed E-state index contributed by atoms with van der Waals surface area (Å²) < 4.78 is 7.49. The number of nitrogens with zero attached hydrogens (tertiary/aromatic N) is 3. The van der Waals surface area contributed by atoms with Gasteiger partial charge in [-0.15, -0.1) is 0 Å². The molecular formula is C24H38N6O2. The van der Waals surface area contributed by atoms with Gasteiger partial charge >= 0.3 is 6.09 Å². The number of aryl methyl sites for hydroxylation is 2. The van der Waals surface area contributed by atoms with Gasteiger partial charge in [0, 0.05) is 32.0 Å². The molecule has 0 radical (unpaired) electrons. The van der Waals surface area contributed by atoms with Gasteiger partial charge in [-0.1, -0.05) is 30.3 Å². The number of amides is 1. The lowest BCUT2D eigenvalue weighted by Gasteiger charge is -2.29. The van der Waals surface area contributed by atoms with Crippen LogP contribution in [0.1, 0.15) is 52.9 Å². The normalized spacial score (nSPS) is 12.4. The predicted octanol–water partition coefficient (Wildman–Crippen LogP) is 3.48. The molecule has 1 aromatic heterocycles. The summed E-state index contributed by atoms with van der Waals surface area (Å²) in [5.74, 6) is 1.58. The molecule has 8 heteroatoms. The van der Waals surface area contributed by atoms with Crippen molar-refractivity contribution in [1.82, 2.24) is 25.5 Å². The highest BCUT2D eigenvalue weighted by Crippen LogP contribution is 2.09. The number of ether oxygens (including phenoxy) is 1. The molecule has 2 aromatic rings.